The number of alkyl halides is 1. The summed E-state index contributed by atoms with van der Waals surface area (Å²) in [6.45, 7) is 2.06. The predicted octanol–water partition coefficient (Wildman–Crippen LogP) is 4.40. The molecule has 2 nitrogen and oxygen atoms in total. The maximum absolute atomic E-state index is 12.0. The highest BCUT2D eigenvalue weighted by molar-refractivity contribution is 9.10. The van der Waals surface area contributed by atoms with Crippen LogP contribution in [0.2, 0.25) is 5.02 Å². The van der Waals surface area contributed by atoms with E-state index in [2.05, 4.69) is 44.1 Å². The number of hydrogen-bond donors (Lipinski definition) is 1. The van der Waals surface area contributed by atoms with Gasteiger partial charge in [-0.25, -0.2) is 0 Å². The number of carbonyl (C=O) groups is 1. The number of benzene rings is 1. The lowest BCUT2D eigenvalue weighted by molar-refractivity contribution is 0.0934. The molecule has 0 aliphatic heterocycles. The second kappa shape index (κ2) is 7.39. The van der Waals surface area contributed by atoms with Crippen molar-refractivity contribution in [3.05, 3.63) is 33.3 Å². The van der Waals surface area contributed by atoms with Gasteiger partial charge in [-0.05, 0) is 47.0 Å². The first-order valence-electron chi connectivity index (χ1n) is 5.40. The number of carbonyl (C=O) groups excluding carboxylic acids is 1. The zero-order chi connectivity index (χ0) is 12.8. The normalized spacial score (nSPS) is 12.2. The minimum atomic E-state index is -0.0906. The quantitative estimate of drug-likeness (QED) is 0.751. The number of amides is 1. The van der Waals surface area contributed by atoms with Crippen LogP contribution < -0.4 is 5.32 Å². The highest BCUT2D eigenvalue weighted by atomic mass is 79.9. The Bertz CT molecular complexity index is 398. The van der Waals surface area contributed by atoms with Gasteiger partial charge in [-0.15, -0.1) is 0 Å². The monoisotopic (exact) mass is 381 g/mol. The van der Waals surface area contributed by atoms with E-state index in [1.54, 1.807) is 18.2 Å². The van der Waals surface area contributed by atoms with Crippen LogP contribution in [-0.2, 0) is 0 Å². The molecule has 0 spiro atoms. The summed E-state index contributed by atoms with van der Waals surface area (Å²) >= 11 is 12.6. The molecule has 0 aliphatic rings. The van der Waals surface area contributed by atoms with Crippen LogP contribution in [0.5, 0.6) is 0 Å². The molecule has 5 heteroatoms. The molecule has 17 heavy (non-hydrogen) atoms. The zero-order valence-corrected chi connectivity index (χ0v) is 13.4. The summed E-state index contributed by atoms with van der Waals surface area (Å²) in [7, 11) is 0. The molecule has 1 atom stereocenters. The number of halogens is 3. The summed E-state index contributed by atoms with van der Waals surface area (Å²) in [4.78, 5) is 12.0. The molecule has 1 aromatic rings. The molecular formula is C12H14Br2ClNO. The van der Waals surface area contributed by atoms with Gasteiger partial charge in [0.2, 0.25) is 0 Å². The van der Waals surface area contributed by atoms with E-state index in [4.69, 9.17) is 11.6 Å². The van der Waals surface area contributed by atoms with E-state index in [0.717, 1.165) is 22.6 Å². The predicted molar refractivity (Wildman–Crippen MR) is 79.1 cm³/mol. The average molecular weight is 384 g/mol. The minimum absolute atomic E-state index is 0.0906. The summed E-state index contributed by atoms with van der Waals surface area (Å²) in [6, 6.07) is 5.38. The van der Waals surface area contributed by atoms with E-state index in [9.17, 15) is 4.79 Å². The molecule has 0 heterocycles. The standard InChI is InChI=1S/C12H14Br2ClNO/c1-2-9(5-6-13)16-12(17)10-7-8(15)3-4-11(10)14/h3-4,7,9H,2,5-6H2,1H3,(H,16,17). The summed E-state index contributed by atoms with van der Waals surface area (Å²) in [6.07, 6.45) is 1.83. The molecular weight excluding hydrogens is 369 g/mol. The van der Waals surface area contributed by atoms with Gasteiger partial charge in [0.05, 0.1) is 5.56 Å². The van der Waals surface area contributed by atoms with Gasteiger partial charge >= 0.3 is 0 Å². The zero-order valence-electron chi connectivity index (χ0n) is 9.47. The highest BCUT2D eigenvalue weighted by Crippen LogP contribution is 2.21. The maximum atomic E-state index is 12.0. The molecule has 94 valence electrons. The lowest BCUT2D eigenvalue weighted by Crippen LogP contribution is -2.34. The van der Waals surface area contributed by atoms with E-state index < -0.39 is 0 Å². The van der Waals surface area contributed by atoms with Crippen LogP contribution in [0, 0.1) is 0 Å². The first-order chi connectivity index (χ1) is 8.08. The Morgan fingerprint density at radius 1 is 1.53 bits per heavy atom. The van der Waals surface area contributed by atoms with Crippen molar-refractivity contribution >= 4 is 49.4 Å². The maximum Gasteiger partial charge on any atom is 0.252 e. The second-order valence-corrected chi connectivity index (χ2v) is 5.76. The third kappa shape index (κ3) is 4.60. The van der Waals surface area contributed by atoms with Gasteiger partial charge in [0, 0.05) is 20.9 Å². The fourth-order valence-electron chi connectivity index (χ4n) is 1.44. The first kappa shape index (κ1) is 15.0. The van der Waals surface area contributed by atoms with Gasteiger partial charge in [0.1, 0.15) is 0 Å². The third-order valence-electron chi connectivity index (χ3n) is 2.46. The Hall–Kier alpha value is -0.0600. The third-order valence-corrected chi connectivity index (χ3v) is 3.84. The average Bonchev–Trinajstić information content (AvgIpc) is 2.31. The van der Waals surface area contributed by atoms with Crippen LogP contribution in [-0.4, -0.2) is 17.3 Å². The summed E-state index contributed by atoms with van der Waals surface area (Å²) in [5.74, 6) is -0.0906. The van der Waals surface area contributed by atoms with E-state index in [-0.39, 0.29) is 11.9 Å². The molecule has 0 saturated carbocycles. The molecule has 1 aromatic carbocycles. The molecule has 0 saturated heterocycles. The van der Waals surface area contributed by atoms with Crippen LogP contribution in [0.3, 0.4) is 0 Å². The lowest BCUT2D eigenvalue weighted by Gasteiger charge is -2.16. The molecule has 1 rings (SSSR count). The van der Waals surface area contributed by atoms with Gasteiger partial charge < -0.3 is 5.32 Å². The summed E-state index contributed by atoms with van der Waals surface area (Å²) in [5.41, 5.74) is 0.575. The summed E-state index contributed by atoms with van der Waals surface area (Å²) < 4.78 is 0.757. The fourth-order valence-corrected chi connectivity index (χ4v) is 2.60. The van der Waals surface area contributed by atoms with Crippen molar-refractivity contribution in [1.29, 1.82) is 0 Å². The second-order valence-electron chi connectivity index (χ2n) is 3.68. The molecule has 1 unspecified atom stereocenters. The van der Waals surface area contributed by atoms with Crippen molar-refractivity contribution < 1.29 is 4.79 Å². The smallest absolute Gasteiger partial charge is 0.252 e. The highest BCUT2D eigenvalue weighted by Gasteiger charge is 2.14. The Balaban J connectivity index is 2.78. The van der Waals surface area contributed by atoms with Crippen molar-refractivity contribution in [1.82, 2.24) is 5.32 Å². The van der Waals surface area contributed by atoms with Crippen LogP contribution in [0.25, 0.3) is 0 Å². The van der Waals surface area contributed by atoms with Gasteiger partial charge in [0.25, 0.3) is 5.91 Å². The van der Waals surface area contributed by atoms with Crippen molar-refractivity contribution in [2.24, 2.45) is 0 Å². The van der Waals surface area contributed by atoms with E-state index >= 15 is 0 Å². The Morgan fingerprint density at radius 2 is 2.24 bits per heavy atom. The summed E-state index contributed by atoms with van der Waals surface area (Å²) in [5, 5.41) is 4.43. The topological polar surface area (TPSA) is 29.1 Å². The molecule has 0 aliphatic carbocycles. The fraction of sp³-hybridized carbons (Fsp3) is 0.417. The number of rotatable bonds is 5. The van der Waals surface area contributed by atoms with Crippen molar-refractivity contribution in [3.8, 4) is 0 Å². The van der Waals surface area contributed by atoms with Gasteiger partial charge in [-0.3, -0.25) is 4.79 Å². The molecule has 0 fully saturated rings. The van der Waals surface area contributed by atoms with Gasteiger partial charge in [0.15, 0.2) is 0 Å². The minimum Gasteiger partial charge on any atom is -0.349 e. The Morgan fingerprint density at radius 3 is 2.82 bits per heavy atom. The number of hydrogen-bond acceptors (Lipinski definition) is 1. The van der Waals surface area contributed by atoms with Crippen LogP contribution in [0.15, 0.2) is 22.7 Å². The SMILES string of the molecule is CCC(CCBr)NC(=O)c1cc(Cl)ccc1Br. The van der Waals surface area contributed by atoms with E-state index in [0.29, 0.717) is 10.6 Å². The molecule has 1 amide bonds. The van der Waals surface area contributed by atoms with Crippen molar-refractivity contribution in [2.75, 3.05) is 5.33 Å². The van der Waals surface area contributed by atoms with Crippen LogP contribution >= 0.6 is 43.5 Å². The first-order valence-corrected chi connectivity index (χ1v) is 7.69. The molecule has 0 aromatic heterocycles. The number of nitrogens with one attached hydrogen (secondary N) is 1. The molecule has 1 N–H and O–H groups in total. The lowest BCUT2D eigenvalue weighted by atomic mass is 10.1. The molecule has 0 bridgehead atoms. The van der Waals surface area contributed by atoms with Gasteiger partial charge in [-0.1, -0.05) is 34.5 Å². The Labute approximate surface area is 123 Å². The van der Waals surface area contributed by atoms with Gasteiger partial charge in [-0.2, -0.15) is 0 Å². The van der Waals surface area contributed by atoms with Crippen LogP contribution in [0.4, 0.5) is 0 Å². The van der Waals surface area contributed by atoms with Crippen molar-refractivity contribution in [3.63, 3.8) is 0 Å². The van der Waals surface area contributed by atoms with Crippen LogP contribution in [0.1, 0.15) is 30.1 Å². The van der Waals surface area contributed by atoms with E-state index in [1.807, 2.05) is 0 Å². The largest absolute Gasteiger partial charge is 0.349 e. The van der Waals surface area contributed by atoms with Crippen molar-refractivity contribution in [2.45, 2.75) is 25.8 Å². The Kier molecular flexibility index (Phi) is 6.52. The van der Waals surface area contributed by atoms with E-state index in [1.165, 1.54) is 0 Å². The molecule has 0 radical (unpaired) electrons.